The molecule has 4 heteroatoms. The number of thiol groups is 1. The zero-order valence-electron chi connectivity index (χ0n) is 8.39. The van der Waals surface area contributed by atoms with Crippen molar-refractivity contribution in [1.82, 2.24) is 5.32 Å². The number of benzene rings is 1. The molecular formula is C11H14N2OS. The predicted octanol–water partition coefficient (Wildman–Crippen LogP) is 2.46. The molecular weight excluding hydrogens is 208 g/mol. The Hall–Kier alpha value is -1.16. The largest absolute Gasteiger partial charge is 0.337 e. The second kappa shape index (κ2) is 4.57. The van der Waals surface area contributed by atoms with Crippen LogP contribution >= 0.6 is 12.8 Å². The molecule has 1 aliphatic rings. The first-order chi connectivity index (χ1) is 7.27. The van der Waals surface area contributed by atoms with Gasteiger partial charge in [-0.25, -0.2) is 9.10 Å². The van der Waals surface area contributed by atoms with Crippen LogP contribution in [0.25, 0.3) is 0 Å². The molecule has 0 bridgehead atoms. The lowest BCUT2D eigenvalue weighted by Crippen LogP contribution is -2.35. The smallest absolute Gasteiger partial charge is 0.331 e. The number of urea groups is 1. The standard InChI is InChI=1S/C11H14N2OS/c14-11(12-8-9-6-7-9)13(15)10-4-2-1-3-5-10/h1-5,9,15H,6-8H2,(H,12,14). The molecule has 0 aromatic heterocycles. The van der Waals surface area contributed by atoms with Crippen molar-refractivity contribution in [3.63, 3.8) is 0 Å². The predicted molar refractivity (Wildman–Crippen MR) is 64.0 cm³/mol. The van der Waals surface area contributed by atoms with E-state index in [-0.39, 0.29) is 6.03 Å². The van der Waals surface area contributed by atoms with E-state index in [1.165, 1.54) is 17.1 Å². The number of carbonyl (C=O) groups excluding carboxylic acids is 1. The number of para-hydroxylation sites is 1. The molecule has 1 saturated carbocycles. The first-order valence-corrected chi connectivity index (χ1v) is 5.49. The highest BCUT2D eigenvalue weighted by atomic mass is 32.1. The third-order valence-electron chi connectivity index (χ3n) is 2.43. The van der Waals surface area contributed by atoms with Gasteiger partial charge < -0.3 is 5.32 Å². The molecule has 3 nitrogen and oxygen atoms in total. The second-order valence-electron chi connectivity index (χ2n) is 3.78. The number of rotatable bonds is 3. The van der Waals surface area contributed by atoms with Crippen molar-refractivity contribution in [3.8, 4) is 0 Å². The highest BCUT2D eigenvalue weighted by Gasteiger charge is 2.22. The Morgan fingerprint density at radius 2 is 2.07 bits per heavy atom. The molecule has 0 spiro atoms. The first kappa shape index (κ1) is 10.4. The van der Waals surface area contributed by atoms with Gasteiger partial charge in [0.2, 0.25) is 0 Å². The molecule has 80 valence electrons. The van der Waals surface area contributed by atoms with E-state index in [9.17, 15) is 4.79 Å². The summed E-state index contributed by atoms with van der Waals surface area (Å²) in [5, 5.41) is 2.85. The Labute approximate surface area is 95.0 Å². The molecule has 1 fully saturated rings. The van der Waals surface area contributed by atoms with E-state index in [2.05, 4.69) is 18.1 Å². The molecule has 1 aromatic carbocycles. The van der Waals surface area contributed by atoms with Crippen LogP contribution in [0.15, 0.2) is 30.3 Å². The normalized spacial score (nSPS) is 14.7. The van der Waals surface area contributed by atoms with Crippen LogP contribution in [-0.2, 0) is 0 Å². The molecule has 2 rings (SSSR count). The summed E-state index contributed by atoms with van der Waals surface area (Å²) in [6, 6.07) is 9.22. The van der Waals surface area contributed by atoms with Gasteiger partial charge in [0.15, 0.2) is 0 Å². The lowest BCUT2D eigenvalue weighted by atomic mass is 10.3. The second-order valence-corrected chi connectivity index (χ2v) is 4.18. The van der Waals surface area contributed by atoms with Gasteiger partial charge in [-0.3, -0.25) is 0 Å². The molecule has 1 aromatic rings. The van der Waals surface area contributed by atoms with Crippen LogP contribution in [0, 0.1) is 5.92 Å². The highest BCUT2D eigenvalue weighted by molar-refractivity contribution is 7.82. The van der Waals surface area contributed by atoms with Crippen LogP contribution in [0.2, 0.25) is 0 Å². The van der Waals surface area contributed by atoms with Gasteiger partial charge in [0, 0.05) is 6.54 Å². The monoisotopic (exact) mass is 222 g/mol. The number of nitrogens with zero attached hydrogens (tertiary/aromatic N) is 1. The minimum absolute atomic E-state index is 0.156. The van der Waals surface area contributed by atoms with E-state index in [0.717, 1.165) is 12.2 Å². The fourth-order valence-electron chi connectivity index (χ4n) is 1.31. The summed E-state index contributed by atoms with van der Waals surface area (Å²) in [6.07, 6.45) is 2.47. The van der Waals surface area contributed by atoms with Crippen LogP contribution in [-0.4, -0.2) is 12.6 Å². The molecule has 15 heavy (non-hydrogen) atoms. The van der Waals surface area contributed by atoms with Gasteiger partial charge in [0.25, 0.3) is 0 Å². The van der Waals surface area contributed by atoms with Crippen LogP contribution < -0.4 is 9.62 Å². The number of hydrogen-bond acceptors (Lipinski definition) is 2. The average Bonchev–Trinajstić information content (AvgIpc) is 3.10. The van der Waals surface area contributed by atoms with Gasteiger partial charge in [0.05, 0.1) is 5.69 Å². The van der Waals surface area contributed by atoms with Gasteiger partial charge in [-0.2, -0.15) is 0 Å². The Morgan fingerprint density at radius 3 is 2.67 bits per heavy atom. The maximum atomic E-state index is 11.6. The molecule has 0 radical (unpaired) electrons. The van der Waals surface area contributed by atoms with Crippen molar-refractivity contribution in [2.24, 2.45) is 5.92 Å². The van der Waals surface area contributed by atoms with Crippen molar-refractivity contribution >= 4 is 24.5 Å². The topological polar surface area (TPSA) is 32.3 Å². The number of hydrogen-bond donors (Lipinski definition) is 2. The van der Waals surface area contributed by atoms with Crippen LogP contribution in [0.1, 0.15) is 12.8 Å². The quantitative estimate of drug-likeness (QED) is 0.756. The first-order valence-electron chi connectivity index (χ1n) is 5.09. The van der Waals surface area contributed by atoms with Crippen molar-refractivity contribution in [3.05, 3.63) is 30.3 Å². The number of amides is 2. The van der Waals surface area contributed by atoms with E-state index in [1.54, 1.807) is 0 Å². The van der Waals surface area contributed by atoms with E-state index in [4.69, 9.17) is 0 Å². The Bertz CT molecular complexity index is 338. The fraction of sp³-hybridized carbons (Fsp3) is 0.364. The van der Waals surface area contributed by atoms with Gasteiger partial charge in [-0.05, 0) is 30.9 Å². The summed E-state index contributed by atoms with van der Waals surface area (Å²) in [7, 11) is 0. The van der Waals surface area contributed by atoms with Crippen LogP contribution in [0.4, 0.5) is 10.5 Å². The highest BCUT2D eigenvalue weighted by Crippen LogP contribution is 2.27. The third-order valence-corrected chi connectivity index (χ3v) is 2.84. The van der Waals surface area contributed by atoms with Gasteiger partial charge in [-0.1, -0.05) is 31.0 Å². The lowest BCUT2D eigenvalue weighted by Gasteiger charge is -2.16. The Balaban J connectivity index is 1.88. The summed E-state index contributed by atoms with van der Waals surface area (Å²) >= 11 is 4.16. The van der Waals surface area contributed by atoms with Crippen molar-refractivity contribution in [1.29, 1.82) is 0 Å². The van der Waals surface area contributed by atoms with Gasteiger partial charge in [0.1, 0.15) is 0 Å². The molecule has 0 saturated heterocycles. The summed E-state index contributed by atoms with van der Waals surface area (Å²) < 4.78 is 1.34. The number of carbonyl (C=O) groups is 1. The fourth-order valence-corrected chi connectivity index (χ4v) is 1.52. The number of anilines is 1. The Morgan fingerprint density at radius 1 is 1.40 bits per heavy atom. The van der Waals surface area contributed by atoms with Gasteiger partial charge in [-0.15, -0.1) is 0 Å². The summed E-state index contributed by atoms with van der Waals surface area (Å²) in [6.45, 7) is 0.767. The van der Waals surface area contributed by atoms with Crippen LogP contribution in [0.5, 0.6) is 0 Å². The molecule has 0 atom stereocenters. The summed E-state index contributed by atoms with van der Waals surface area (Å²) in [5.41, 5.74) is 0.786. The SMILES string of the molecule is O=C(NCC1CC1)N(S)c1ccccc1. The van der Waals surface area contributed by atoms with E-state index < -0.39 is 0 Å². The summed E-state index contributed by atoms with van der Waals surface area (Å²) in [4.78, 5) is 11.6. The maximum Gasteiger partial charge on any atom is 0.331 e. The van der Waals surface area contributed by atoms with Crippen molar-refractivity contribution < 1.29 is 4.79 Å². The minimum Gasteiger partial charge on any atom is -0.337 e. The summed E-state index contributed by atoms with van der Waals surface area (Å²) in [5.74, 6) is 0.687. The number of nitrogens with one attached hydrogen (secondary N) is 1. The molecule has 1 aliphatic carbocycles. The average molecular weight is 222 g/mol. The maximum absolute atomic E-state index is 11.6. The minimum atomic E-state index is -0.156. The van der Waals surface area contributed by atoms with E-state index >= 15 is 0 Å². The zero-order chi connectivity index (χ0) is 10.7. The zero-order valence-corrected chi connectivity index (χ0v) is 9.28. The third kappa shape index (κ3) is 2.89. The lowest BCUT2D eigenvalue weighted by molar-refractivity contribution is 0.249. The molecule has 0 aliphatic heterocycles. The van der Waals surface area contributed by atoms with Crippen LogP contribution in [0.3, 0.4) is 0 Å². The van der Waals surface area contributed by atoms with Crippen molar-refractivity contribution in [2.75, 3.05) is 10.8 Å². The Kier molecular flexibility index (Phi) is 3.16. The van der Waals surface area contributed by atoms with Gasteiger partial charge >= 0.3 is 6.03 Å². The molecule has 2 amide bonds. The molecule has 0 unspecified atom stereocenters. The van der Waals surface area contributed by atoms with E-state index in [1.807, 2.05) is 30.3 Å². The van der Waals surface area contributed by atoms with E-state index in [0.29, 0.717) is 5.92 Å². The molecule has 1 N–H and O–H groups in total. The van der Waals surface area contributed by atoms with Crippen molar-refractivity contribution in [2.45, 2.75) is 12.8 Å². The molecule has 0 heterocycles.